The van der Waals surface area contributed by atoms with Crippen molar-refractivity contribution in [1.29, 1.82) is 0 Å². The summed E-state index contributed by atoms with van der Waals surface area (Å²) in [4.78, 5) is 31.8. The molecule has 1 N–H and O–H groups in total. The summed E-state index contributed by atoms with van der Waals surface area (Å²) in [5, 5.41) is 7.17. The lowest BCUT2D eigenvalue weighted by Gasteiger charge is -2.30. The summed E-state index contributed by atoms with van der Waals surface area (Å²) in [6, 6.07) is 13.5. The lowest BCUT2D eigenvalue weighted by molar-refractivity contribution is -0.121. The number of nitrogens with zero attached hydrogens (tertiary/aromatic N) is 3. The Morgan fingerprint density at radius 1 is 1.11 bits per heavy atom. The predicted octanol–water partition coefficient (Wildman–Crippen LogP) is 5.37. The van der Waals surface area contributed by atoms with Gasteiger partial charge in [0.25, 0.3) is 0 Å². The Labute approximate surface area is 218 Å². The number of esters is 1. The third kappa shape index (κ3) is 6.63. The summed E-state index contributed by atoms with van der Waals surface area (Å²) in [5.74, 6) is 0.649. The maximum absolute atomic E-state index is 13.0. The van der Waals surface area contributed by atoms with Gasteiger partial charge >= 0.3 is 5.97 Å². The van der Waals surface area contributed by atoms with Crippen molar-refractivity contribution in [2.45, 2.75) is 59.4 Å². The highest BCUT2D eigenvalue weighted by atomic mass is 16.5. The van der Waals surface area contributed by atoms with Gasteiger partial charge in [-0.3, -0.25) is 9.69 Å². The first kappa shape index (κ1) is 26.5. The lowest BCUT2D eigenvalue weighted by Crippen LogP contribution is -2.37. The van der Waals surface area contributed by atoms with Crippen molar-refractivity contribution in [2.24, 2.45) is 5.92 Å². The van der Waals surface area contributed by atoms with E-state index in [1.54, 1.807) is 19.1 Å². The SMILES string of the molecule is CCOC(=O)c1ccc(C)c(NC(=O)C2CCN(Cc3nc(-c4ccc(C(C)(C)C)cc4)no3)CC2)c1. The molecule has 8 heteroatoms. The topological polar surface area (TPSA) is 97.6 Å². The van der Waals surface area contributed by atoms with Gasteiger partial charge in [-0.2, -0.15) is 4.98 Å². The molecule has 0 radical (unpaired) electrons. The van der Waals surface area contributed by atoms with Crippen molar-refractivity contribution in [3.05, 3.63) is 65.0 Å². The largest absolute Gasteiger partial charge is 0.462 e. The van der Waals surface area contributed by atoms with Crippen LogP contribution in [0.3, 0.4) is 0 Å². The van der Waals surface area contributed by atoms with Crippen molar-refractivity contribution in [2.75, 3.05) is 25.0 Å². The Kier molecular flexibility index (Phi) is 8.07. The van der Waals surface area contributed by atoms with Crippen LogP contribution in [0, 0.1) is 12.8 Å². The van der Waals surface area contributed by atoms with E-state index in [0.29, 0.717) is 36.1 Å². The van der Waals surface area contributed by atoms with Crippen molar-refractivity contribution in [3.8, 4) is 11.4 Å². The molecule has 1 aromatic heterocycles. The second-order valence-electron chi connectivity index (χ2n) is 10.6. The van der Waals surface area contributed by atoms with Gasteiger partial charge in [0.05, 0.1) is 18.7 Å². The van der Waals surface area contributed by atoms with Gasteiger partial charge in [-0.15, -0.1) is 0 Å². The van der Waals surface area contributed by atoms with Crippen LogP contribution in [0.15, 0.2) is 47.0 Å². The van der Waals surface area contributed by atoms with Crippen LogP contribution in [0.25, 0.3) is 11.4 Å². The molecular formula is C29H36N4O4. The first-order chi connectivity index (χ1) is 17.6. The van der Waals surface area contributed by atoms with Gasteiger partial charge in [-0.1, -0.05) is 56.3 Å². The normalized spacial score (nSPS) is 14.9. The number of nitrogens with one attached hydrogen (secondary N) is 1. The van der Waals surface area contributed by atoms with Gasteiger partial charge in [-0.05, 0) is 68.5 Å². The van der Waals surface area contributed by atoms with Crippen LogP contribution < -0.4 is 5.32 Å². The van der Waals surface area contributed by atoms with Gasteiger partial charge in [-0.25, -0.2) is 4.79 Å². The van der Waals surface area contributed by atoms with Gasteiger partial charge in [0.1, 0.15) is 0 Å². The number of hydrogen-bond acceptors (Lipinski definition) is 7. The van der Waals surface area contributed by atoms with Gasteiger partial charge in [0.2, 0.25) is 17.6 Å². The summed E-state index contributed by atoms with van der Waals surface area (Å²) in [6.45, 7) is 12.6. The molecule has 1 fully saturated rings. The van der Waals surface area contributed by atoms with Crippen molar-refractivity contribution < 1.29 is 18.8 Å². The maximum atomic E-state index is 13.0. The molecule has 1 aliphatic rings. The number of benzene rings is 2. The number of aryl methyl sites for hydroxylation is 1. The zero-order valence-corrected chi connectivity index (χ0v) is 22.3. The van der Waals surface area contributed by atoms with Crippen LogP contribution in [0.1, 0.15) is 67.9 Å². The Morgan fingerprint density at radius 3 is 2.46 bits per heavy atom. The molecule has 196 valence electrons. The maximum Gasteiger partial charge on any atom is 0.338 e. The Bertz CT molecular complexity index is 1240. The first-order valence-corrected chi connectivity index (χ1v) is 12.9. The van der Waals surface area contributed by atoms with Crippen molar-refractivity contribution >= 4 is 17.6 Å². The third-order valence-electron chi connectivity index (χ3n) is 6.80. The van der Waals surface area contributed by atoms with Crippen molar-refractivity contribution in [3.63, 3.8) is 0 Å². The average molecular weight is 505 g/mol. The fourth-order valence-electron chi connectivity index (χ4n) is 4.43. The summed E-state index contributed by atoms with van der Waals surface area (Å²) in [6.07, 6.45) is 1.47. The summed E-state index contributed by atoms with van der Waals surface area (Å²) in [7, 11) is 0. The molecule has 0 atom stereocenters. The number of ether oxygens (including phenoxy) is 1. The standard InChI is InChI=1S/C29H36N4O4/c1-6-36-28(35)22-8-7-19(2)24(17-22)30-27(34)21-13-15-33(16-14-21)18-25-31-26(32-37-25)20-9-11-23(12-10-20)29(3,4)5/h7-12,17,21H,6,13-16,18H2,1-5H3,(H,30,34). The van der Waals surface area contributed by atoms with E-state index in [0.717, 1.165) is 37.1 Å². The van der Waals surface area contributed by atoms with Crippen LogP contribution in [0.2, 0.25) is 0 Å². The third-order valence-corrected chi connectivity index (χ3v) is 6.80. The summed E-state index contributed by atoms with van der Waals surface area (Å²) in [5.41, 5.74) is 4.26. The Hall–Kier alpha value is -3.52. The second kappa shape index (κ2) is 11.3. The molecule has 0 aliphatic carbocycles. The first-order valence-electron chi connectivity index (χ1n) is 12.9. The molecule has 3 aromatic rings. The molecule has 0 spiro atoms. The van der Waals surface area contributed by atoms with E-state index in [4.69, 9.17) is 9.26 Å². The van der Waals surface area contributed by atoms with Crippen LogP contribution in [0.4, 0.5) is 5.69 Å². The highest BCUT2D eigenvalue weighted by Crippen LogP contribution is 2.26. The number of amides is 1. The van der Waals surface area contributed by atoms with Crippen molar-refractivity contribution in [1.82, 2.24) is 15.0 Å². The zero-order chi connectivity index (χ0) is 26.6. The molecule has 4 rings (SSSR count). The minimum absolute atomic E-state index is 0.0254. The second-order valence-corrected chi connectivity index (χ2v) is 10.6. The van der Waals surface area contributed by atoms with Crippen LogP contribution in [-0.2, 0) is 21.5 Å². The average Bonchev–Trinajstić information content (AvgIpc) is 3.34. The van der Waals surface area contributed by atoms with E-state index in [1.165, 1.54) is 5.56 Å². The molecule has 0 unspecified atom stereocenters. The molecule has 37 heavy (non-hydrogen) atoms. The van der Waals surface area contributed by atoms with E-state index in [2.05, 4.69) is 53.3 Å². The number of hydrogen-bond donors (Lipinski definition) is 1. The Morgan fingerprint density at radius 2 is 1.81 bits per heavy atom. The minimum Gasteiger partial charge on any atom is -0.462 e. The van der Waals surface area contributed by atoms with E-state index < -0.39 is 5.97 Å². The molecular weight excluding hydrogens is 468 g/mol. The van der Waals surface area contributed by atoms with Gasteiger partial charge in [0.15, 0.2) is 0 Å². The number of rotatable bonds is 7. The zero-order valence-electron chi connectivity index (χ0n) is 22.3. The van der Waals surface area contributed by atoms with E-state index in [9.17, 15) is 9.59 Å². The fourth-order valence-corrected chi connectivity index (χ4v) is 4.43. The number of piperidine rings is 1. The number of anilines is 1. The predicted molar refractivity (Wildman–Crippen MR) is 142 cm³/mol. The highest BCUT2D eigenvalue weighted by Gasteiger charge is 2.27. The van der Waals surface area contributed by atoms with Crippen LogP contribution in [-0.4, -0.2) is 46.6 Å². The molecule has 0 saturated carbocycles. The molecule has 2 aromatic carbocycles. The minimum atomic E-state index is -0.391. The smallest absolute Gasteiger partial charge is 0.338 e. The quantitative estimate of drug-likeness (QED) is 0.432. The lowest BCUT2D eigenvalue weighted by atomic mass is 9.87. The fraction of sp³-hybridized carbons (Fsp3) is 0.448. The number of carbonyl (C=O) groups is 2. The monoisotopic (exact) mass is 504 g/mol. The van der Waals surface area contributed by atoms with Crippen LogP contribution >= 0.6 is 0 Å². The molecule has 1 aliphatic heterocycles. The molecule has 2 heterocycles. The van der Waals surface area contributed by atoms with E-state index in [-0.39, 0.29) is 17.2 Å². The van der Waals surface area contributed by atoms with Crippen LogP contribution in [0.5, 0.6) is 0 Å². The summed E-state index contributed by atoms with van der Waals surface area (Å²) < 4.78 is 10.6. The number of likely N-dealkylation sites (tertiary alicyclic amines) is 1. The number of aromatic nitrogens is 2. The van der Waals surface area contributed by atoms with Gasteiger partial charge < -0.3 is 14.6 Å². The highest BCUT2D eigenvalue weighted by molar-refractivity contribution is 5.96. The van der Waals surface area contributed by atoms with E-state index >= 15 is 0 Å². The molecule has 0 bridgehead atoms. The Balaban J connectivity index is 1.30. The molecule has 8 nitrogen and oxygen atoms in total. The van der Waals surface area contributed by atoms with E-state index in [1.807, 2.05) is 25.1 Å². The summed E-state index contributed by atoms with van der Waals surface area (Å²) >= 11 is 0. The number of carbonyl (C=O) groups excluding carboxylic acids is 2. The molecule has 1 amide bonds. The van der Waals surface area contributed by atoms with Gasteiger partial charge in [0, 0.05) is 17.2 Å². The molecule has 1 saturated heterocycles.